The molecule has 5 nitrogen and oxygen atoms in total. The number of amides is 1. The molecule has 1 aliphatic rings. The molecule has 1 aromatic heterocycles. The molecule has 2 heterocycles. The lowest BCUT2D eigenvalue weighted by Crippen LogP contribution is -2.49. The van der Waals surface area contributed by atoms with Gasteiger partial charge < -0.3 is 14.7 Å². The van der Waals surface area contributed by atoms with Crippen LogP contribution in [-0.4, -0.2) is 39.8 Å². The molecule has 6 heteroatoms. The lowest BCUT2D eigenvalue weighted by Gasteiger charge is -2.39. The second-order valence-electron chi connectivity index (χ2n) is 6.41. The highest BCUT2D eigenvalue weighted by atomic mass is 79.9. The van der Waals surface area contributed by atoms with Crippen LogP contribution in [0.2, 0.25) is 0 Å². The third kappa shape index (κ3) is 4.17. The van der Waals surface area contributed by atoms with Crippen molar-refractivity contribution in [3.05, 3.63) is 28.5 Å². The molecule has 1 amide bonds. The van der Waals surface area contributed by atoms with Crippen LogP contribution < -0.4 is 0 Å². The number of carbonyl (C=O) groups excluding carboxylic acids is 1. The summed E-state index contributed by atoms with van der Waals surface area (Å²) in [5.41, 5.74) is -0.881. The molecule has 1 aromatic rings. The average molecular weight is 357 g/mol. The van der Waals surface area contributed by atoms with Crippen LogP contribution in [0.1, 0.15) is 39.2 Å². The van der Waals surface area contributed by atoms with E-state index in [0.29, 0.717) is 13.0 Å². The van der Waals surface area contributed by atoms with Gasteiger partial charge in [0.2, 0.25) is 0 Å². The smallest absolute Gasteiger partial charge is 0.410 e. The summed E-state index contributed by atoms with van der Waals surface area (Å²) < 4.78 is 6.10. The van der Waals surface area contributed by atoms with Crippen molar-refractivity contribution < 1.29 is 14.6 Å². The van der Waals surface area contributed by atoms with Crippen molar-refractivity contribution in [2.24, 2.45) is 0 Å². The zero-order valence-corrected chi connectivity index (χ0v) is 14.2. The van der Waals surface area contributed by atoms with E-state index in [1.54, 1.807) is 17.2 Å². The first-order valence-electron chi connectivity index (χ1n) is 7.02. The van der Waals surface area contributed by atoms with Crippen molar-refractivity contribution in [1.29, 1.82) is 0 Å². The number of pyridine rings is 1. The zero-order chi connectivity index (χ0) is 15.7. The summed E-state index contributed by atoms with van der Waals surface area (Å²) in [6, 6.07) is 3.62. The van der Waals surface area contributed by atoms with Crippen molar-refractivity contribution in [1.82, 2.24) is 9.88 Å². The van der Waals surface area contributed by atoms with Crippen LogP contribution in [0.25, 0.3) is 0 Å². The fraction of sp³-hybridized carbons (Fsp3) is 0.600. The number of likely N-dealkylation sites (tertiary alicyclic amines) is 1. The Kier molecular flexibility index (Phi) is 4.58. The van der Waals surface area contributed by atoms with Crippen LogP contribution in [-0.2, 0) is 10.3 Å². The fourth-order valence-electron chi connectivity index (χ4n) is 2.41. The molecule has 116 valence electrons. The molecule has 1 aliphatic heterocycles. The van der Waals surface area contributed by atoms with Gasteiger partial charge in [0.05, 0.1) is 6.54 Å². The number of halogens is 1. The van der Waals surface area contributed by atoms with E-state index < -0.39 is 11.2 Å². The number of nitrogens with zero attached hydrogens (tertiary/aromatic N) is 2. The highest BCUT2D eigenvalue weighted by Gasteiger charge is 2.38. The molecule has 2 rings (SSSR count). The third-order valence-electron chi connectivity index (χ3n) is 3.39. The van der Waals surface area contributed by atoms with E-state index in [-0.39, 0.29) is 12.6 Å². The van der Waals surface area contributed by atoms with Gasteiger partial charge in [-0.05, 0) is 55.6 Å². The molecule has 0 aromatic carbocycles. The number of hydrogen-bond donors (Lipinski definition) is 1. The maximum atomic E-state index is 12.2. The summed E-state index contributed by atoms with van der Waals surface area (Å²) in [4.78, 5) is 17.9. The van der Waals surface area contributed by atoms with Crippen molar-refractivity contribution in [3.8, 4) is 0 Å². The first-order valence-corrected chi connectivity index (χ1v) is 7.81. The number of β-amino-alcohol motifs (C(OH)–C–C–N with tert-alkyl or cyclic N) is 1. The normalized spacial score (nSPS) is 23.0. The Balaban J connectivity index is 2.12. The summed E-state index contributed by atoms with van der Waals surface area (Å²) in [5.74, 6) is 0. The number of hydrogen-bond acceptors (Lipinski definition) is 4. The Labute approximate surface area is 133 Å². The minimum atomic E-state index is -1.07. The fourth-order valence-corrected chi connectivity index (χ4v) is 2.64. The minimum Gasteiger partial charge on any atom is -0.444 e. The van der Waals surface area contributed by atoms with Gasteiger partial charge in [0.1, 0.15) is 15.8 Å². The quantitative estimate of drug-likeness (QED) is 0.785. The van der Waals surface area contributed by atoms with Gasteiger partial charge in [-0.15, -0.1) is 0 Å². The van der Waals surface area contributed by atoms with Gasteiger partial charge in [-0.1, -0.05) is 6.07 Å². The molecule has 0 bridgehead atoms. The third-order valence-corrected chi connectivity index (χ3v) is 3.86. The summed E-state index contributed by atoms with van der Waals surface area (Å²) in [5, 5.41) is 10.8. The Morgan fingerprint density at radius 2 is 2.19 bits per heavy atom. The molecule has 0 radical (unpaired) electrons. The predicted octanol–water partition coefficient (Wildman–Crippen LogP) is 3.06. The molecule has 1 N–H and O–H groups in total. The van der Waals surface area contributed by atoms with Crippen LogP contribution >= 0.6 is 15.9 Å². The highest BCUT2D eigenvalue weighted by molar-refractivity contribution is 9.10. The molecule has 1 saturated heterocycles. The first-order chi connectivity index (χ1) is 9.70. The van der Waals surface area contributed by atoms with E-state index in [2.05, 4.69) is 20.9 Å². The molecule has 1 unspecified atom stereocenters. The van der Waals surface area contributed by atoms with E-state index in [0.717, 1.165) is 16.6 Å². The summed E-state index contributed by atoms with van der Waals surface area (Å²) in [7, 11) is 0. The van der Waals surface area contributed by atoms with Gasteiger partial charge in [0, 0.05) is 18.3 Å². The molecule has 0 aliphatic carbocycles. The monoisotopic (exact) mass is 356 g/mol. The zero-order valence-electron chi connectivity index (χ0n) is 12.6. The van der Waals surface area contributed by atoms with Gasteiger partial charge in [-0.25, -0.2) is 9.78 Å². The van der Waals surface area contributed by atoms with Crippen LogP contribution in [0.5, 0.6) is 0 Å². The van der Waals surface area contributed by atoms with Crippen molar-refractivity contribution >= 4 is 22.0 Å². The summed E-state index contributed by atoms with van der Waals surface area (Å²) >= 11 is 3.28. The summed E-state index contributed by atoms with van der Waals surface area (Å²) in [6.07, 6.45) is 2.59. The van der Waals surface area contributed by atoms with Gasteiger partial charge in [-0.2, -0.15) is 0 Å². The topological polar surface area (TPSA) is 62.7 Å². The lowest BCUT2D eigenvalue weighted by atomic mass is 9.87. The molecule has 21 heavy (non-hydrogen) atoms. The molecular formula is C15H21BrN2O3. The molecular weight excluding hydrogens is 336 g/mol. The lowest BCUT2D eigenvalue weighted by molar-refractivity contribution is -0.0467. The Hall–Kier alpha value is -1.14. The standard InChI is InChI=1S/C15H21BrN2O3/c1-14(2,3)21-13(19)18-8-4-7-15(20,10-18)11-5-6-12(16)17-9-11/h5-6,9,20H,4,7-8,10H2,1-3H3. The van der Waals surface area contributed by atoms with Crippen LogP contribution in [0, 0.1) is 0 Å². The second kappa shape index (κ2) is 5.93. The van der Waals surface area contributed by atoms with Gasteiger partial charge in [-0.3, -0.25) is 0 Å². The molecule has 0 spiro atoms. The summed E-state index contributed by atoms with van der Waals surface area (Å²) in [6.45, 7) is 6.32. The van der Waals surface area contributed by atoms with Crippen molar-refractivity contribution in [2.75, 3.05) is 13.1 Å². The first kappa shape index (κ1) is 16.2. The number of aromatic nitrogens is 1. The van der Waals surface area contributed by atoms with Crippen molar-refractivity contribution in [3.63, 3.8) is 0 Å². The molecule has 1 atom stereocenters. The van der Waals surface area contributed by atoms with Gasteiger partial charge in [0.25, 0.3) is 0 Å². The largest absolute Gasteiger partial charge is 0.444 e. The maximum absolute atomic E-state index is 12.2. The van der Waals surface area contributed by atoms with E-state index in [1.807, 2.05) is 26.8 Å². The average Bonchev–Trinajstić information content (AvgIpc) is 2.37. The predicted molar refractivity (Wildman–Crippen MR) is 82.9 cm³/mol. The second-order valence-corrected chi connectivity index (χ2v) is 7.22. The Bertz CT molecular complexity index is 513. The Morgan fingerprint density at radius 1 is 1.48 bits per heavy atom. The SMILES string of the molecule is CC(C)(C)OC(=O)N1CCCC(O)(c2ccc(Br)nc2)C1. The van der Waals surface area contributed by atoms with E-state index in [1.165, 1.54) is 0 Å². The number of aliphatic hydroxyl groups is 1. The van der Waals surface area contributed by atoms with E-state index in [9.17, 15) is 9.90 Å². The number of carbonyl (C=O) groups is 1. The Morgan fingerprint density at radius 3 is 2.76 bits per heavy atom. The van der Waals surface area contributed by atoms with Crippen molar-refractivity contribution in [2.45, 2.75) is 44.8 Å². The van der Waals surface area contributed by atoms with Crippen LogP contribution in [0.4, 0.5) is 4.79 Å². The number of rotatable bonds is 1. The van der Waals surface area contributed by atoms with Crippen LogP contribution in [0.15, 0.2) is 22.9 Å². The van der Waals surface area contributed by atoms with E-state index >= 15 is 0 Å². The van der Waals surface area contributed by atoms with Gasteiger partial charge in [0.15, 0.2) is 0 Å². The van der Waals surface area contributed by atoms with Gasteiger partial charge >= 0.3 is 6.09 Å². The highest BCUT2D eigenvalue weighted by Crippen LogP contribution is 2.32. The number of piperidine rings is 1. The maximum Gasteiger partial charge on any atom is 0.410 e. The minimum absolute atomic E-state index is 0.227. The number of ether oxygens (including phenoxy) is 1. The van der Waals surface area contributed by atoms with Crippen LogP contribution in [0.3, 0.4) is 0 Å². The molecule has 1 fully saturated rings. The molecule has 0 saturated carbocycles. The van der Waals surface area contributed by atoms with E-state index in [4.69, 9.17) is 4.74 Å².